The van der Waals surface area contributed by atoms with E-state index in [1.807, 2.05) is 6.92 Å². The molecule has 3 aromatic rings. The van der Waals surface area contributed by atoms with E-state index in [0.29, 0.717) is 16.9 Å². The standard InChI is InChI=1S/C19H13ClF3N3O/c1-10-8-11(20)2-6-15(10)26-16-7-3-12(9-24-16)25-19(27)13-4-5-14(21)18(23)17(13)22/h2-9H,1H3,(H,24,26)(H,25,27). The number of nitrogens with zero attached hydrogens (tertiary/aromatic N) is 1. The second-order valence-electron chi connectivity index (χ2n) is 5.69. The van der Waals surface area contributed by atoms with E-state index in [-0.39, 0.29) is 5.69 Å². The van der Waals surface area contributed by atoms with Crippen molar-refractivity contribution in [2.75, 3.05) is 10.6 Å². The molecule has 0 saturated heterocycles. The van der Waals surface area contributed by atoms with Crippen LogP contribution in [0.2, 0.25) is 5.02 Å². The molecule has 1 amide bonds. The van der Waals surface area contributed by atoms with Crippen molar-refractivity contribution in [3.8, 4) is 0 Å². The van der Waals surface area contributed by atoms with Gasteiger partial charge in [-0.25, -0.2) is 18.2 Å². The Morgan fingerprint density at radius 2 is 1.81 bits per heavy atom. The van der Waals surface area contributed by atoms with Crippen molar-refractivity contribution in [3.05, 3.63) is 82.3 Å². The number of hydrogen-bond acceptors (Lipinski definition) is 3. The Morgan fingerprint density at radius 1 is 1.04 bits per heavy atom. The van der Waals surface area contributed by atoms with Gasteiger partial charge in [-0.15, -0.1) is 0 Å². The van der Waals surface area contributed by atoms with Gasteiger partial charge in [0.2, 0.25) is 0 Å². The second kappa shape index (κ2) is 7.67. The van der Waals surface area contributed by atoms with Gasteiger partial charge in [0.05, 0.1) is 17.4 Å². The van der Waals surface area contributed by atoms with Gasteiger partial charge in [-0.2, -0.15) is 0 Å². The molecule has 0 atom stereocenters. The molecule has 0 bridgehead atoms. The topological polar surface area (TPSA) is 54.0 Å². The van der Waals surface area contributed by atoms with Crippen LogP contribution in [0.4, 0.5) is 30.4 Å². The minimum absolute atomic E-state index is 0.266. The predicted octanol–water partition coefficient (Wildman–Crippen LogP) is 5.46. The van der Waals surface area contributed by atoms with Crippen molar-refractivity contribution in [1.29, 1.82) is 0 Å². The number of carbonyl (C=O) groups excluding carboxylic acids is 1. The number of aromatic nitrogens is 1. The van der Waals surface area contributed by atoms with E-state index in [1.165, 1.54) is 12.3 Å². The number of pyridine rings is 1. The highest BCUT2D eigenvalue weighted by molar-refractivity contribution is 6.30. The largest absolute Gasteiger partial charge is 0.340 e. The third kappa shape index (κ3) is 4.20. The smallest absolute Gasteiger partial charge is 0.258 e. The zero-order valence-corrected chi connectivity index (χ0v) is 14.7. The molecule has 0 fully saturated rings. The lowest BCUT2D eigenvalue weighted by atomic mass is 10.2. The van der Waals surface area contributed by atoms with E-state index in [9.17, 15) is 18.0 Å². The van der Waals surface area contributed by atoms with Crippen molar-refractivity contribution in [3.63, 3.8) is 0 Å². The van der Waals surface area contributed by atoms with Gasteiger partial charge in [-0.05, 0) is 55.0 Å². The average molecular weight is 392 g/mol. The molecule has 4 nitrogen and oxygen atoms in total. The van der Waals surface area contributed by atoms with Crippen LogP contribution in [0, 0.1) is 24.4 Å². The van der Waals surface area contributed by atoms with Crippen LogP contribution in [0.3, 0.4) is 0 Å². The van der Waals surface area contributed by atoms with Crippen LogP contribution in [-0.2, 0) is 0 Å². The first-order chi connectivity index (χ1) is 12.8. The molecular formula is C19H13ClF3N3O. The third-order valence-corrected chi connectivity index (χ3v) is 3.99. The molecule has 2 aromatic carbocycles. The Bertz CT molecular complexity index is 1010. The van der Waals surface area contributed by atoms with Crippen molar-refractivity contribution in [1.82, 2.24) is 4.98 Å². The summed E-state index contributed by atoms with van der Waals surface area (Å²) in [6.07, 6.45) is 1.35. The Balaban J connectivity index is 1.72. The molecule has 0 saturated carbocycles. The number of halogens is 4. The summed E-state index contributed by atoms with van der Waals surface area (Å²) in [5.41, 5.74) is 1.40. The molecule has 1 aromatic heterocycles. The van der Waals surface area contributed by atoms with E-state index in [1.54, 1.807) is 24.3 Å². The summed E-state index contributed by atoms with van der Waals surface area (Å²) in [7, 11) is 0. The number of hydrogen-bond donors (Lipinski definition) is 2. The molecule has 0 unspecified atom stereocenters. The van der Waals surface area contributed by atoms with E-state index in [0.717, 1.165) is 17.3 Å². The third-order valence-electron chi connectivity index (χ3n) is 3.75. The lowest BCUT2D eigenvalue weighted by Gasteiger charge is -2.10. The quantitative estimate of drug-likeness (QED) is 0.581. The summed E-state index contributed by atoms with van der Waals surface area (Å²) in [6.45, 7) is 1.89. The number of amides is 1. The monoisotopic (exact) mass is 391 g/mol. The van der Waals surface area contributed by atoms with Gasteiger partial charge in [0, 0.05) is 10.7 Å². The molecule has 0 aliphatic carbocycles. The van der Waals surface area contributed by atoms with E-state index < -0.39 is 28.9 Å². The maximum atomic E-state index is 13.7. The van der Waals surface area contributed by atoms with Crippen molar-refractivity contribution in [2.24, 2.45) is 0 Å². The van der Waals surface area contributed by atoms with Gasteiger partial charge in [0.1, 0.15) is 5.82 Å². The van der Waals surface area contributed by atoms with Crippen molar-refractivity contribution in [2.45, 2.75) is 6.92 Å². The first-order valence-corrected chi connectivity index (χ1v) is 8.17. The van der Waals surface area contributed by atoms with Crippen LogP contribution in [0.5, 0.6) is 0 Å². The number of benzene rings is 2. The fraction of sp³-hybridized carbons (Fsp3) is 0.0526. The number of anilines is 3. The molecule has 8 heteroatoms. The van der Waals surface area contributed by atoms with Gasteiger partial charge in [0.15, 0.2) is 17.5 Å². The van der Waals surface area contributed by atoms with Crippen molar-refractivity contribution < 1.29 is 18.0 Å². The summed E-state index contributed by atoms with van der Waals surface area (Å²) in [6, 6.07) is 10.0. The predicted molar refractivity (Wildman–Crippen MR) is 98.0 cm³/mol. The molecule has 0 spiro atoms. The second-order valence-corrected chi connectivity index (χ2v) is 6.13. The Hall–Kier alpha value is -3.06. The molecular weight excluding hydrogens is 379 g/mol. The number of aryl methyl sites for hydroxylation is 1. The van der Waals surface area contributed by atoms with Crippen LogP contribution in [0.25, 0.3) is 0 Å². The maximum absolute atomic E-state index is 13.7. The molecule has 27 heavy (non-hydrogen) atoms. The zero-order chi connectivity index (χ0) is 19.6. The highest BCUT2D eigenvalue weighted by Crippen LogP contribution is 2.23. The number of rotatable bonds is 4. The van der Waals surface area contributed by atoms with Gasteiger partial charge in [0.25, 0.3) is 5.91 Å². The summed E-state index contributed by atoms with van der Waals surface area (Å²) in [5, 5.41) is 6.10. The first-order valence-electron chi connectivity index (χ1n) is 7.79. The minimum Gasteiger partial charge on any atom is -0.340 e. The summed E-state index contributed by atoms with van der Waals surface area (Å²) >= 11 is 5.91. The minimum atomic E-state index is -1.70. The normalized spacial score (nSPS) is 10.6. The molecule has 0 aliphatic heterocycles. The Kier molecular flexibility index (Phi) is 5.32. The van der Waals surface area contributed by atoms with E-state index in [4.69, 9.17) is 11.6 Å². The van der Waals surface area contributed by atoms with E-state index >= 15 is 0 Å². The van der Waals surface area contributed by atoms with Gasteiger partial charge >= 0.3 is 0 Å². The lowest BCUT2D eigenvalue weighted by molar-refractivity contribution is 0.102. The molecule has 3 rings (SSSR count). The van der Waals surface area contributed by atoms with Crippen molar-refractivity contribution >= 4 is 34.7 Å². The zero-order valence-electron chi connectivity index (χ0n) is 14.0. The fourth-order valence-corrected chi connectivity index (χ4v) is 2.57. The van der Waals surface area contributed by atoms with Gasteiger partial charge < -0.3 is 10.6 Å². The van der Waals surface area contributed by atoms with Crippen LogP contribution in [-0.4, -0.2) is 10.9 Å². The van der Waals surface area contributed by atoms with Crippen LogP contribution in [0.1, 0.15) is 15.9 Å². The highest BCUT2D eigenvalue weighted by Gasteiger charge is 2.18. The lowest BCUT2D eigenvalue weighted by Crippen LogP contribution is -2.15. The van der Waals surface area contributed by atoms with Crippen LogP contribution >= 0.6 is 11.6 Å². The summed E-state index contributed by atoms with van der Waals surface area (Å²) < 4.78 is 39.9. The first kappa shape index (κ1) is 18.7. The summed E-state index contributed by atoms with van der Waals surface area (Å²) in [4.78, 5) is 16.2. The molecule has 2 N–H and O–H groups in total. The molecule has 0 aliphatic rings. The Morgan fingerprint density at radius 3 is 2.48 bits per heavy atom. The average Bonchev–Trinajstić information content (AvgIpc) is 2.63. The summed E-state index contributed by atoms with van der Waals surface area (Å²) in [5.74, 6) is -5.01. The fourth-order valence-electron chi connectivity index (χ4n) is 2.35. The molecule has 1 heterocycles. The van der Waals surface area contributed by atoms with Gasteiger partial charge in [-0.3, -0.25) is 4.79 Å². The Labute approximate surface area is 158 Å². The maximum Gasteiger partial charge on any atom is 0.258 e. The highest BCUT2D eigenvalue weighted by atomic mass is 35.5. The SMILES string of the molecule is Cc1cc(Cl)ccc1Nc1ccc(NC(=O)c2ccc(F)c(F)c2F)cn1. The van der Waals surface area contributed by atoms with Crippen LogP contribution in [0.15, 0.2) is 48.7 Å². The van der Waals surface area contributed by atoms with Gasteiger partial charge in [-0.1, -0.05) is 11.6 Å². The number of carbonyl (C=O) groups is 1. The molecule has 138 valence electrons. The van der Waals surface area contributed by atoms with E-state index in [2.05, 4.69) is 15.6 Å². The van der Waals surface area contributed by atoms with Crippen LogP contribution < -0.4 is 10.6 Å². The number of nitrogens with one attached hydrogen (secondary N) is 2. The molecule has 0 radical (unpaired) electrons.